The molecule has 0 radical (unpaired) electrons. The molecule has 27 heavy (non-hydrogen) atoms. The first-order valence-electron chi connectivity index (χ1n) is 9.93. The van der Waals surface area contributed by atoms with E-state index in [1.165, 1.54) is 29.3 Å². The molecular formula is C23H29N3O. The number of hydrogen-bond acceptors (Lipinski definition) is 2. The van der Waals surface area contributed by atoms with Crippen LogP contribution in [0.15, 0.2) is 55.0 Å². The van der Waals surface area contributed by atoms with Crippen LogP contribution in [0.5, 0.6) is 0 Å². The number of aromatic nitrogens is 2. The highest BCUT2D eigenvalue weighted by Crippen LogP contribution is 2.18. The van der Waals surface area contributed by atoms with Gasteiger partial charge in [-0.25, -0.2) is 0 Å². The van der Waals surface area contributed by atoms with Crippen LogP contribution >= 0.6 is 0 Å². The number of carbonyl (C=O) groups is 1. The minimum atomic E-state index is 0.132. The second kappa shape index (κ2) is 9.91. The SMILES string of the molecule is Cc1ccc2c(ccn2CCCCCCNC(=O)CCc2cccnc2)c1. The van der Waals surface area contributed by atoms with Crippen molar-refractivity contribution in [1.29, 1.82) is 0 Å². The number of nitrogens with one attached hydrogen (secondary N) is 1. The van der Waals surface area contributed by atoms with Crippen molar-refractivity contribution in [3.05, 3.63) is 66.1 Å². The molecular weight excluding hydrogens is 334 g/mol. The number of unbranched alkanes of at least 4 members (excludes halogenated alkanes) is 3. The molecule has 0 aliphatic heterocycles. The number of aryl methyl sites for hydroxylation is 3. The minimum Gasteiger partial charge on any atom is -0.356 e. The normalized spacial score (nSPS) is 11.0. The first kappa shape index (κ1) is 19.2. The second-order valence-corrected chi connectivity index (χ2v) is 7.20. The van der Waals surface area contributed by atoms with Gasteiger partial charge in [0.05, 0.1) is 0 Å². The van der Waals surface area contributed by atoms with E-state index in [1.54, 1.807) is 6.20 Å². The summed E-state index contributed by atoms with van der Waals surface area (Å²) in [6.45, 7) is 3.97. The molecule has 3 aromatic rings. The molecule has 1 N–H and O–H groups in total. The number of nitrogens with zero attached hydrogens (tertiary/aromatic N) is 2. The maximum absolute atomic E-state index is 11.9. The van der Waals surface area contributed by atoms with E-state index in [1.807, 2.05) is 18.3 Å². The van der Waals surface area contributed by atoms with Crippen LogP contribution in [-0.2, 0) is 17.8 Å². The Labute approximate surface area is 161 Å². The van der Waals surface area contributed by atoms with Crippen LogP contribution in [0.3, 0.4) is 0 Å². The molecule has 0 saturated carbocycles. The van der Waals surface area contributed by atoms with Crippen LogP contribution in [0.1, 0.15) is 43.2 Å². The summed E-state index contributed by atoms with van der Waals surface area (Å²) in [7, 11) is 0. The van der Waals surface area contributed by atoms with Crippen molar-refractivity contribution in [3.63, 3.8) is 0 Å². The number of pyridine rings is 1. The molecule has 3 rings (SSSR count). The number of carbonyl (C=O) groups excluding carboxylic acids is 1. The zero-order valence-corrected chi connectivity index (χ0v) is 16.2. The van der Waals surface area contributed by atoms with Crippen molar-refractivity contribution in [2.45, 2.75) is 52.0 Å². The average molecular weight is 364 g/mol. The molecule has 2 aromatic heterocycles. The van der Waals surface area contributed by atoms with Crippen molar-refractivity contribution in [1.82, 2.24) is 14.9 Å². The van der Waals surface area contributed by atoms with Gasteiger partial charge in [0, 0.05) is 43.6 Å². The van der Waals surface area contributed by atoms with Crippen molar-refractivity contribution in [2.75, 3.05) is 6.54 Å². The van der Waals surface area contributed by atoms with Crippen LogP contribution < -0.4 is 5.32 Å². The van der Waals surface area contributed by atoms with Gasteiger partial charge < -0.3 is 9.88 Å². The van der Waals surface area contributed by atoms with Crippen LogP contribution in [-0.4, -0.2) is 22.0 Å². The van der Waals surface area contributed by atoms with Gasteiger partial charge in [-0.3, -0.25) is 9.78 Å². The van der Waals surface area contributed by atoms with Gasteiger partial charge in [-0.15, -0.1) is 0 Å². The van der Waals surface area contributed by atoms with Gasteiger partial charge >= 0.3 is 0 Å². The van der Waals surface area contributed by atoms with Crippen LogP contribution in [0.2, 0.25) is 0 Å². The summed E-state index contributed by atoms with van der Waals surface area (Å²) in [6, 6.07) is 12.7. The van der Waals surface area contributed by atoms with Crippen LogP contribution in [0, 0.1) is 6.92 Å². The first-order valence-corrected chi connectivity index (χ1v) is 9.93. The summed E-state index contributed by atoms with van der Waals surface area (Å²) in [6.07, 6.45) is 11.6. The Morgan fingerprint density at radius 2 is 2.00 bits per heavy atom. The Hall–Kier alpha value is -2.62. The van der Waals surface area contributed by atoms with E-state index in [0.29, 0.717) is 6.42 Å². The lowest BCUT2D eigenvalue weighted by molar-refractivity contribution is -0.121. The number of benzene rings is 1. The first-order chi connectivity index (χ1) is 13.2. The van der Waals surface area contributed by atoms with E-state index < -0.39 is 0 Å². The number of amides is 1. The van der Waals surface area contributed by atoms with Crippen molar-refractivity contribution >= 4 is 16.8 Å². The quantitative estimate of drug-likeness (QED) is 0.533. The van der Waals surface area contributed by atoms with E-state index in [-0.39, 0.29) is 5.91 Å². The lowest BCUT2D eigenvalue weighted by Crippen LogP contribution is -2.24. The standard InChI is InChI=1S/C23H29N3O/c1-19-8-10-22-21(17-19)12-16-26(22)15-5-3-2-4-14-25-23(27)11-9-20-7-6-13-24-18-20/h6-8,10,12-13,16-18H,2-5,9,11,14-15H2,1H3,(H,25,27). The number of fused-ring (bicyclic) bond motifs is 1. The van der Waals surface area contributed by atoms with E-state index in [9.17, 15) is 4.79 Å². The third-order valence-corrected chi connectivity index (χ3v) is 4.94. The summed E-state index contributed by atoms with van der Waals surface area (Å²) >= 11 is 0. The van der Waals surface area contributed by atoms with Gasteiger partial charge in [-0.05, 0) is 61.4 Å². The molecule has 0 aliphatic rings. The topological polar surface area (TPSA) is 46.9 Å². The third kappa shape index (κ3) is 5.95. The molecule has 0 unspecified atom stereocenters. The minimum absolute atomic E-state index is 0.132. The van der Waals surface area contributed by atoms with Crippen molar-refractivity contribution in [3.8, 4) is 0 Å². The largest absolute Gasteiger partial charge is 0.356 e. The summed E-state index contributed by atoms with van der Waals surface area (Å²) < 4.78 is 2.34. The Morgan fingerprint density at radius 1 is 1.11 bits per heavy atom. The number of hydrogen-bond donors (Lipinski definition) is 1. The fourth-order valence-corrected chi connectivity index (χ4v) is 3.40. The van der Waals surface area contributed by atoms with Crippen molar-refractivity contribution in [2.24, 2.45) is 0 Å². The van der Waals surface area contributed by atoms with Gasteiger partial charge in [0.2, 0.25) is 5.91 Å². The van der Waals surface area contributed by atoms with Gasteiger partial charge in [0.25, 0.3) is 0 Å². The molecule has 0 saturated heterocycles. The molecule has 4 nitrogen and oxygen atoms in total. The lowest BCUT2D eigenvalue weighted by Gasteiger charge is -2.07. The molecule has 1 amide bonds. The van der Waals surface area contributed by atoms with Gasteiger partial charge in [0.1, 0.15) is 0 Å². The predicted molar refractivity (Wildman–Crippen MR) is 111 cm³/mol. The molecule has 0 fully saturated rings. The molecule has 142 valence electrons. The van der Waals surface area contributed by atoms with Gasteiger partial charge in [-0.1, -0.05) is 30.5 Å². The maximum atomic E-state index is 11.9. The fraction of sp³-hybridized carbons (Fsp3) is 0.391. The summed E-state index contributed by atoms with van der Waals surface area (Å²) in [5.74, 6) is 0.132. The second-order valence-electron chi connectivity index (χ2n) is 7.20. The highest BCUT2D eigenvalue weighted by atomic mass is 16.1. The van der Waals surface area contributed by atoms with Crippen molar-refractivity contribution < 1.29 is 4.79 Å². The molecule has 2 heterocycles. The summed E-state index contributed by atoms with van der Waals surface area (Å²) in [5, 5.41) is 4.35. The van der Waals surface area contributed by atoms with E-state index >= 15 is 0 Å². The highest BCUT2D eigenvalue weighted by Gasteiger charge is 2.03. The molecule has 1 aromatic carbocycles. The molecule has 0 bridgehead atoms. The zero-order chi connectivity index (χ0) is 18.9. The predicted octanol–water partition coefficient (Wildman–Crippen LogP) is 4.65. The molecule has 4 heteroatoms. The van der Waals surface area contributed by atoms with Crippen LogP contribution in [0.4, 0.5) is 0 Å². The highest BCUT2D eigenvalue weighted by molar-refractivity contribution is 5.80. The van der Waals surface area contributed by atoms with E-state index in [0.717, 1.165) is 37.9 Å². The molecule has 0 atom stereocenters. The third-order valence-electron chi connectivity index (χ3n) is 4.94. The maximum Gasteiger partial charge on any atom is 0.220 e. The fourth-order valence-electron chi connectivity index (χ4n) is 3.40. The van der Waals surface area contributed by atoms with Gasteiger partial charge in [0.15, 0.2) is 0 Å². The smallest absolute Gasteiger partial charge is 0.220 e. The average Bonchev–Trinajstić information content (AvgIpc) is 3.08. The lowest BCUT2D eigenvalue weighted by atomic mass is 10.1. The Morgan fingerprint density at radius 3 is 2.85 bits per heavy atom. The Kier molecular flexibility index (Phi) is 7.03. The Balaban J connectivity index is 1.25. The summed E-state index contributed by atoms with van der Waals surface area (Å²) in [5.41, 5.74) is 3.74. The summed E-state index contributed by atoms with van der Waals surface area (Å²) in [4.78, 5) is 15.9. The van der Waals surface area contributed by atoms with E-state index in [2.05, 4.69) is 52.3 Å². The molecule has 0 aliphatic carbocycles. The van der Waals surface area contributed by atoms with Crippen LogP contribution in [0.25, 0.3) is 10.9 Å². The number of rotatable bonds is 10. The van der Waals surface area contributed by atoms with Gasteiger partial charge in [-0.2, -0.15) is 0 Å². The zero-order valence-electron chi connectivity index (χ0n) is 16.2. The monoisotopic (exact) mass is 363 g/mol. The van der Waals surface area contributed by atoms with E-state index in [4.69, 9.17) is 0 Å². The molecule has 0 spiro atoms. The Bertz CT molecular complexity index is 854.